The summed E-state index contributed by atoms with van der Waals surface area (Å²) < 4.78 is 0. The fraction of sp³-hybridized carbons (Fsp3) is 0.478. The second-order valence-corrected chi connectivity index (χ2v) is 8.52. The molecule has 0 saturated heterocycles. The highest BCUT2D eigenvalue weighted by Gasteiger charge is 2.32. The third-order valence-corrected chi connectivity index (χ3v) is 5.16. The van der Waals surface area contributed by atoms with Crippen molar-refractivity contribution in [2.24, 2.45) is 11.7 Å². The average Bonchev–Trinajstić information content (AvgIpc) is 2.78. The molecule has 4 atom stereocenters. The highest BCUT2D eigenvalue weighted by atomic mass is 16.4. The molecular formula is C23H32N4O9. The van der Waals surface area contributed by atoms with E-state index in [2.05, 4.69) is 16.0 Å². The molecule has 0 aromatic heterocycles. The lowest BCUT2D eigenvalue weighted by atomic mass is 10.0. The first kappa shape index (κ1) is 30.0. The van der Waals surface area contributed by atoms with E-state index in [-0.39, 0.29) is 12.8 Å². The Morgan fingerprint density at radius 3 is 1.86 bits per heavy atom. The van der Waals surface area contributed by atoms with Crippen LogP contribution in [0.1, 0.15) is 38.7 Å². The van der Waals surface area contributed by atoms with Crippen LogP contribution in [0.25, 0.3) is 0 Å². The summed E-state index contributed by atoms with van der Waals surface area (Å²) in [6.45, 7) is 3.20. The molecule has 1 rings (SSSR count). The molecule has 0 spiro atoms. The number of carboxylic acids is 3. The molecule has 1 aromatic rings. The summed E-state index contributed by atoms with van der Waals surface area (Å²) in [5.74, 6) is -7.02. The van der Waals surface area contributed by atoms with E-state index in [0.29, 0.717) is 5.56 Å². The summed E-state index contributed by atoms with van der Waals surface area (Å²) in [6.07, 6.45) is -1.63. The normalized spacial score (nSPS) is 14.1. The molecule has 0 aliphatic rings. The van der Waals surface area contributed by atoms with Gasteiger partial charge in [-0.05, 0) is 17.9 Å². The summed E-state index contributed by atoms with van der Waals surface area (Å²) in [4.78, 5) is 71.7. The zero-order valence-electron chi connectivity index (χ0n) is 20.0. The zero-order chi connectivity index (χ0) is 27.4. The molecule has 4 unspecified atom stereocenters. The monoisotopic (exact) mass is 508 g/mol. The molecule has 0 aliphatic carbocycles. The van der Waals surface area contributed by atoms with Gasteiger partial charge in [0.1, 0.15) is 18.1 Å². The molecule has 0 radical (unpaired) electrons. The van der Waals surface area contributed by atoms with Crippen LogP contribution < -0.4 is 21.7 Å². The third kappa shape index (κ3) is 10.5. The Bertz CT molecular complexity index is 952. The van der Waals surface area contributed by atoms with E-state index < -0.39 is 78.6 Å². The van der Waals surface area contributed by atoms with E-state index in [0.717, 1.165) is 0 Å². The summed E-state index contributed by atoms with van der Waals surface area (Å²) in [5, 5.41) is 34.3. The van der Waals surface area contributed by atoms with Crippen LogP contribution in [0.5, 0.6) is 0 Å². The molecule has 3 amide bonds. The van der Waals surface area contributed by atoms with Gasteiger partial charge in [0, 0.05) is 12.8 Å². The molecule has 0 bridgehead atoms. The van der Waals surface area contributed by atoms with Gasteiger partial charge in [-0.2, -0.15) is 0 Å². The smallest absolute Gasteiger partial charge is 0.326 e. The lowest BCUT2D eigenvalue weighted by Crippen LogP contribution is -2.58. The second kappa shape index (κ2) is 14.4. The molecular weight excluding hydrogens is 476 g/mol. The third-order valence-electron chi connectivity index (χ3n) is 5.16. The SMILES string of the molecule is CC(C)C(NC(=O)C(Cc1ccccc1)NC(=O)C(CCC(=O)O)NC(=O)C(N)CC(=O)O)C(=O)O. The van der Waals surface area contributed by atoms with Gasteiger partial charge in [0.05, 0.1) is 12.5 Å². The van der Waals surface area contributed by atoms with Crippen LogP contribution in [-0.4, -0.2) is 75.1 Å². The van der Waals surface area contributed by atoms with Crippen LogP contribution in [-0.2, 0) is 35.2 Å². The first-order valence-corrected chi connectivity index (χ1v) is 11.2. The molecule has 13 nitrogen and oxygen atoms in total. The number of rotatable bonds is 15. The number of nitrogens with one attached hydrogen (secondary N) is 3. The Morgan fingerprint density at radius 1 is 0.806 bits per heavy atom. The molecule has 0 saturated carbocycles. The number of nitrogens with two attached hydrogens (primary N) is 1. The van der Waals surface area contributed by atoms with Crippen molar-refractivity contribution in [2.45, 2.75) is 63.7 Å². The minimum Gasteiger partial charge on any atom is -0.481 e. The highest BCUT2D eigenvalue weighted by molar-refractivity contribution is 5.95. The van der Waals surface area contributed by atoms with Gasteiger partial charge >= 0.3 is 17.9 Å². The van der Waals surface area contributed by atoms with Gasteiger partial charge in [-0.1, -0.05) is 44.2 Å². The first-order chi connectivity index (χ1) is 16.8. The van der Waals surface area contributed by atoms with E-state index in [9.17, 15) is 33.9 Å². The Kier molecular flexibility index (Phi) is 12.0. The lowest BCUT2D eigenvalue weighted by Gasteiger charge is -2.26. The Balaban J connectivity index is 3.14. The number of aliphatic carboxylic acids is 3. The predicted octanol–water partition coefficient (Wildman–Crippen LogP) is -0.909. The van der Waals surface area contributed by atoms with Gasteiger partial charge in [0.25, 0.3) is 0 Å². The van der Waals surface area contributed by atoms with Crippen LogP contribution in [0.15, 0.2) is 30.3 Å². The summed E-state index contributed by atoms with van der Waals surface area (Å²) in [7, 11) is 0. The number of hydrogen-bond acceptors (Lipinski definition) is 7. The van der Waals surface area contributed by atoms with E-state index in [1.165, 1.54) is 0 Å². The molecule has 0 aliphatic heterocycles. The largest absolute Gasteiger partial charge is 0.481 e. The van der Waals surface area contributed by atoms with Crippen molar-refractivity contribution in [2.75, 3.05) is 0 Å². The second-order valence-electron chi connectivity index (χ2n) is 8.52. The van der Waals surface area contributed by atoms with E-state index >= 15 is 0 Å². The van der Waals surface area contributed by atoms with Crippen LogP contribution in [0.3, 0.4) is 0 Å². The Labute approximate surface area is 207 Å². The number of amides is 3. The van der Waals surface area contributed by atoms with Crippen LogP contribution in [0.4, 0.5) is 0 Å². The molecule has 0 heterocycles. The van der Waals surface area contributed by atoms with Crippen LogP contribution in [0.2, 0.25) is 0 Å². The molecule has 1 aromatic carbocycles. The topological polar surface area (TPSA) is 225 Å². The van der Waals surface area contributed by atoms with Gasteiger partial charge < -0.3 is 37.0 Å². The minimum atomic E-state index is -1.49. The maximum atomic E-state index is 13.0. The molecule has 8 N–H and O–H groups in total. The highest BCUT2D eigenvalue weighted by Crippen LogP contribution is 2.08. The first-order valence-electron chi connectivity index (χ1n) is 11.2. The number of carbonyl (C=O) groups is 6. The fourth-order valence-electron chi connectivity index (χ4n) is 3.20. The Morgan fingerprint density at radius 2 is 1.36 bits per heavy atom. The molecule has 0 fully saturated rings. The van der Waals surface area contributed by atoms with Crippen LogP contribution >= 0.6 is 0 Å². The van der Waals surface area contributed by atoms with Crippen molar-refractivity contribution >= 4 is 35.6 Å². The number of benzene rings is 1. The average molecular weight is 509 g/mol. The van der Waals surface area contributed by atoms with Crippen molar-refractivity contribution in [1.82, 2.24) is 16.0 Å². The number of carboxylic acid groups (broad SMARTS) is 3. The van der Waals surface area contributed by atoms with Gasteiger partial charge in [0.2, 0.25) is 17.7 Å². The summed E-state index contributed by atoms with van der Waals surface area (Å²) >= 11 is 0. The minimum absolute atomic E-state index is 0.0268. The number of hydrogen-bond donors (Lipinski definition) is 7. The quantitative estimate of drug-likeness (QED) is 0.154. The van der Waals surface area contributed by atoms with E-state index in [4.69, 9.17) is 15.9 Å². The van der Waals surface area contributed by atoms with Gasteiger partial charge in [-0.25, -0.2) is 4.79 Å². The van der Waals surface area contributed by atoms with Crippen molar-refractivity contribution in [3.05, 3.63) is 35.9 Å². The van der Waals surface area contributed by atoms with Gasteiger partial charge in [0.15, 0.2) is 0 Å². The van der Waals surface area contributed by atoms with Crippen molar-refractivity contribution in [3.63, 3.8) is 0 Å². The lowest BCUT2D eigenvalue weighted by molar-refractivity contribution is -0.143. The van der Waals surface area contributed by atoms with Gasteiger partial charge in [-0.3, -0.25) is 24.0 Å². The maximum absolute atomic E-state index is 13.0. The summed E-state index contributed by atoms with van der Waals surface area (Å²) in [5.41, 5.74) is 6.17. The van der Waals surface area contributed by atoms with E-state index in [1.54, 1.807) is 44.2 Å². The standard InChI is InChI=1S/C23H32N4O9/c1-12(2)19(23(35)36)27-22(34)16(10-13-6-4-3-5-7-13)26-21(33)15(8-9-17(28)29)25-20(32)14(24)11-18(30)31/h3-7,12,14-16,19H,8-11,24H2,1-2H3,(H,25,32)(H,26,33)(H,27,34)(H,28,29)(H,30,31)(H,35,36). The van der Waals surface area contributed by atoms with E-state index in [1.807, 2.05) is 0 Å². The van der Waals surface area contributed by atoms with Crippen molar-refractivity contribution < 1.29 is 44.1 Å². The fourth-order valence-corrected chi connectivity index (χ4v) is 3.20. The van der Waals surface area contributed by atoms with Crippen molar-refractivity contribution in [3.8, 4) is 0 Å². The predicted molar refractivity (Wildman–Crippen MR) is 126 cm³/mol. The van der Waals surface area contributed by atoms with Crippen LogP contribution in [0, 0.1) is 5.92 Å². The molecule has 36 heavy (non-hydrogen) atoms. The number of carbonyl (C=O) groups excluding carboxylic acids is 3. The Hall–Kier alpha value is -4.00. The summed E-state index contributed by atoms with van der Waals surface area (Å²) in [6, 6.07) is 3.11. The zero-order valence-corrected chi connectivity index (χ0v) is 20.0. The van der Waals surface area contributed by atoms with Gasteiger partial charge in [-0.15, -0.1) is 0 Å². The molecule has 198 valence electrons. The van der Waals surface area contributed by atoms with Crippen molar-refractivity contribution in [1.29, 1.82) is 0 Å². The molecule has 13 heteroatoms. The maximum Gasteiger partial charge on any atom is 0.326 e.